The van der Waals surface area contributed by atoms with Crippen LogP contribution in [0.15, 0.2) is 40.5 Å². The number of thioether (sulfide) groups is 1. The first-order valence-electron chi connectivity index (χ1n) is 9.07. The van der Waals surface area contributed by atoms with E-state index in [1.54, 1.807) is 38.1 Å². The molecule has 0 unspecified atom stereocenters. The van der Waals surface area contributed by atoms with Gasteiger partial charge in [0, 0.05) is 14.0 Å². The van der Waals surface area contributed by atoms with Crippen LogP contribution in [0.4, 0.5) is 0 Å². The number of hydrogen-bond acceptors (Lipinski definition) is 8. The fourth-order valence-electron chi connectivity index (χ4n) is 3.16. The van der Waals surface area contributed by atoms with E-state index in [1.807, 2.05) is 0 Å². The maximum atomic E-state index is 12.8. The second-order valence-corrected chi connectivity index (χ2v) is 7.86. The molecule has 0 bridgehead atoms. The Morgan fingerprint density at radius 1 is 1.21 bits per heavy atom. The average molecular weight is 418 g/mol. The van der Waals surface area contributed by atoms with Crippen molar-refractivity contribution in [3.05, 3.63) is 41.1 Å². The number of ether oxygens (including phenoxy) is 3. The van der Waals surface area contributed by atoms with Crippen molar-refractivity contribution in [3.63, 3.8) is 0 Å². The van der Waals surface area contributed by atoms with Crippen LogP contribution in [0.3, 0.4) is 0 Å². The molecule has 0 aromatic heterocycles. The Balaban J connectivity index is 2.00. The molecule has 2 aliphatic rings. The van der Waals surface area contributed by atoms with Gasteiger partial charge in [-0.15, -0.1) is 0 Å². The van der Waals surface area contributed by atoms with E-state index in [-0.39, 0.29) is 24.4 Å². The van der Waals surface area contributed by atoms with E-state index in [0.29, 0.717) is 27.8 Å². The molecule has 1 aromatic carbocycles. The van der Waals surface area contributed by atoms with Crippen molar-refractivity contribution in [1.29, 1.82) is 0 Å². The first-order valence-corrected chi connectivity index (χ1v) is 9.95. The summed E-state index contributed by atoms with van der Waals surface area (Å²) in [7, 11) is 1.52. The minimum absolute atomic E-state index is 0.0971. The number of esters is 2. The number of nitrogens with zero attached hydrogens (tertiary/aromatic N) is 2. The van der Waals surface area contributed by atoms with E-state index in [9.17, 15) is 14.4 Å². The molecular weight excluding hydrogens is 396 g/mol. The van der Waals surface area contributed by atoms with Gasteiger partial charge in [0.2, 0.25) is 5.91 Å². The van der Waals surface area contributed by atoms with Crippen LogP contribution in [0.2, 0.25) is 0 Å². The second-order valence-electron chi connectivity index (χ2n) is 6.56. The predicted octanol–water partition coefficient (Wildman–Crippen LogP) is 2.45. The fraction of sp³-hybridized carbons (Fsp3) is 0.400. The third-order valence-corrected chi connectivity index (χ3v) is 5.51. The van der Waals surface area contributed by atoms with Gasteiger partial charge in [-0.2, -0.15) is 0 Å². The van der Waals surface area contributed by atoms with Crippen LogP contribution >= 0.6 is 11.8 Å². The summed E-state index contributed by atoms with van der Waals surface area (Å²) in [6.07, 6.45) is 0. The van der Waals surface area contributed by atoms with E-state index in [4.69, 9.17) is 14.2 Å². The van der Waals surface area contributed by atoms with Gasteiger partial charge in [-0.25, -0.2) is 9.79 Å². The Morgan fingerprint density at radius 2 is 1.90 bits per heavy atom. The number of fused-ring (bicyclic) bond motifs is 1. The van der Waals surface area contributed by atoms with Gasteiger partial charge in [-0.05, 0) is 31.5 Å². The largest absolute Gasteiger partial charge is 0.460 e. The summed E-state index contributed by atoms with van der Waals surface area (Å²) < 4.78 is 15.3. The molecule has 29 heavy (non-hydrogen) atoms. The number of allylic oxidation sites excluding steroid dienone is 1. The highest BCUT2D eigenvalue weighted by atomic mass is 32.2. The van der Waals surface area contributed by atoms with Crippen LogP contribution in [0.25, 0.3) is 0 Å². The van der Waals surface area contributed by atoms with Crippen LogP contribution in [-0.2, 0) is 23.9 Å². The zero-order valence-corrected chi connectivity index (χ0v) is 17.4. The number of carbonyl (C=O) groups excluding carboxylic acids is 3. The van der Waals surface area contributed by atoms with Crippen molar-refractivity contribution >= 4 is 34.8 Å². The zero-order chi connectivity index (χ0) is 21.1. The summed E-state index contributed by atoms with van der Waals surface area (Å²) in [5.74, 6) is -0.722. The quantitative estimate of drug-likeness (QED) is 0.398. The molecule has 2 aliphatic heterocycles. The van der Waals surface area contributed by atoms with Crippen molar-refractivity contribution in [2.24, 2.45) is 4.99 Å². The van der Waals surface area contributed by atoms with Gasteiger partial charge >= 0.3 is 11.9 Å². The standard InChI is InChI=1S/C20H22N2O6S/c1-11-16(19(25)27-10-9-26-4)17(22-18(24)12(2)29-20(22)21-11)14-5-7-15(8-6-14)28-13(3)23/h5-8,12,17H,9-10H2,1-4H3/t12-,17+/m1/s1. The second kappa shape index (κ2) is 8.79. The average Bonchev–Trinajstić information content (AvgIpc) is 2.94. The predicted molar refractivity (Wildman–Crippen MR) is 107 cm³/mol. The summed E-state index contributed by atoms with van der Waals surface area (Å²) in [5.41, 5.74) is 1.49. The molecule has 0 radical (unpaired) electrons. The van der Waals surface area contributed by atoms with Gasteiger partial charge in [-0.1, -0.05) is 23.9 Å². The van der Waals surface area contributed by atoms with Crippen LogP contribution in [-0.4, -0.2) is 53.5 Å². The van der Waals surface area contributed by atoms with Crippen molar-refractivity contribution in [2.45, 2.75) is 32.1 Å². The van der Waals surface area contributed by atoms with E-state index >= 15 is 0 Å². The van der Waals surface area contributed by atoms with Crippen LogP contribution in [0, 0.1) is 0 Å². The number of benzene rings is 1. The molecule has 8 nitrogen and oxygen atoms in total. The molecule has 2 atom stereocenters. The Morgan fingerprint density at radius 3 is 2.52 bits per heavy atom. The van der Waals surface area contributed by atoms with E-state index < -0.39 is 18.0 Å². The number of methoxy groups -OCH3 is 1. The number of carbonyl (C=O) groups is 3. The molecule has 154 valence electrons. The lowest BCUT2D eigenvalue weighted by Gasteiger charge is -2.33. The highest BCUT2D eigenvalue weighted by molar-refractivity contribution is 8.15. The molecule has 1 aromatic rings. The topological polar surface area (TPSA) is 94.5 Å². The summed E-state index contributed by atoms with van der Waals surface area (Å²) in [4.78, 5) is 42.8. The first kappa shape index (κ1) is 21.1. The smallest absolute Gasteiger partial charge is 0.338 e. The molecule has 9 heteroatoms. The van der Waals surface area contributed by atoms with Crippen molar-refractivity contribution in [1.82, 2.24) is 4.90 Å². The summed E-state index contributed by atoms with van der Waals surface area (Å²) in [6, 6.07) is 6.03. The normalized spacial score (nSPS) is 21.0. The highest BCUT2D eigenvalue weighted by Gasteiger charge is 2.46. The van der Waals surface area contributed by atoms with Crippen LogP contribution in [0.5, 0.6) is 5.75 Å². The molecule has 3 rings (SSSR count). The van der Waals surface area contributed by atoms with Crippen molar-refractivity contribution in [2.75, 3.05) is 20.3 Å². The van der Waals surface area contributed by atoms with Gasteiger partial charge in [0.05, 0.1) is 29.2 Å². The molecule has 1 amide bonds. The minimum Gasteiger partial charge on any atom is -0.460 e. The Bertz CT molecular complexity index is 893. The van der Waals surface area contributed by atoms with E-state index in [1.165, 1.54) is 30.7 Å². The summed E-state index contributed by atoms with van der Waals surface area (Å²) in [6.45, 7) is 5.22. The van der Waals surface area contributed by atoms with Gasteiger partial charge in [0.25, 0.3) is 0 Å². The summed E-state index contributed by atoms with van der Waals surface area (Å²) in [5, 5.41) is 0.260. The number of amides is 1. The summed E-state index contributed by atoms with van der Waals surface area (Å²) >= 11 is 1.36. The fourth-order valence-corrected chi connectivity index (χ4v) is 4.19. The van der Waals surface area contributed by atoms with Crippen molar-refractivity contribution in [3.8, 4) is 5.75 Å². The molecule has 0 saturated carbocycles. The van der Waals surface area contributed by atoms with Gasteiger partial charge in [0.1, 0.15) is 12.4 Å². The lowest BCUT2D eigenvalue weighted by molar-refractivity contribution is -0.141. The van der Waals surface area contributed by atoms with Crippen LogP contribution < -0.4 is 4.74 Å². The molecule has 2 heterocycles. The Labute approximate surface area is 172 Å². The van der Waals surface area contributed by atoms with Crippen LogP contribution in [0.1, 0.15) is 32.4 Å². The van der Waals surface area contributed by atoms with Crippen molar-refractivity contribution < 1.29 is 28.6 Å². The van der Waals surface area contributed by atoms with E-state index in [0.717, 1.165) is 0 Å². The third kappa shape index (κ3) is 4.35. The van der Waals surface area contributed by atoms with Gasteiger partial charge in [-0.3, -0.25) is 14.5 Å². The zero-order valence-electron chi connectivity index (χ0n) is 16.6. The molecule has 1 fully saturated rings. The number of amidine groups is 1. The lowest BCUT2D eigenvalue weighted by Crippen LogP contribution is -2.40. The lowest BCUT2D eigenvalue weighted by atomic mass is 9.94. The Kier molecular flexibility index (Phi) is 6.39. The minimum atomic E-state index is -0.672. The number of aliphatic imine (C=N–C) groups is 1. The first-order chi connectivity index (χ1) is 13.8. The number of rotatable bonds is 6. The van der Waals surface area contributed by atoms with Gasteiger partial charge in [0.15, 0.2) is 5.17 Å². The van der Waals surface area contributed by atoms with E-state index in [2.05, 4.69) is 4.99 Å². The monoisotopic (exact) mass is 418 g/mol. The molecule has 1 saturated heterocycles. The third-order valence-electron chi connectivity index (χ3n) is 4.46. The maximum Gasteiger partial charge on any atom is 0.338 e. The maximum absolute atomic E-state index is 12.8. The van der Waals surface area contributed by atoms with Gasteiger partial charge < -0.3 is 14.2 Å². The Hall–Kier alpha value is -2.65. The molecule has 0 spiro atoms. The number of hydrogen-bond donors (Lipinski definition) is 0. The SMILES string of the molecule is COCCOC(=O)C1=C(C)N=C2S[C@H](C)C(=O)N2[C@H]1c1ccc(OC(C)=O)cc1. The molecule has 0 N–H and O–H groups in total. The molecule has 0 aliphatic carbocycles. The molecular formula is C20H22N2O6S. The highest BCUT2D eigenvalue weighted by Crippen LogP contribution is 2.43.